The third kappa shape index (κ3) is 4.06. The first-order chi connectivity index (χ1) is 18.5. The summed E-state index contributed by atoms with van der Waals surface area (Å²) in [5.74, 6) is 0.439. The van der Waals surface area contributed by atoms with Crippen LogP contribution in [0.4, 0.5) is 0 Å². The lowest BCUT2D eigenvalue weighted by molar-refractivity contribution is -0.141. The molecule has 196 valence electrons. The molecule has 1 aromatic carbocycles. The first-order valence-electron chi connectivity index (χ1n) is 13.2. The average molecular weight is 516 g/mol. The van der Waals surface area contributed by atoms with Crippen LogP contribution < -0.4 is 0 Å². The molecule has 5 heterocycles. The Labute approximate surface area is 219 Å². The van der Waals surface area contributed by atoms with Gasteiger partial charge in [0.25, 0.3) is 0 Å². The van der Waals surface area contributed by atoms with Crippen molar-refractivity contribution in [1.82, 2.24) is 35.0 Å². The fourth-order valence-corrected chi connectivity index (χ4v) is 6.29. The third-order valence-electron chi connectivity index (χ3n) is 8.26. The van der Waals surface area contributed by atoms with Crippen molar-refractivity contribution in [2.24, 2.45) is 0 Å². The van der Waals surface area contributed by atoms with Crippen molar-refractivity contribution >= 4 is 11.9 Å². The van der Waals surface area contributed by atoms with Crippen LogP contribution in [0.2, 0.25) is 0 Å². The van der Waals surface area contributed by atoms with E-state index in [1.165, 1.54) is 11.0 Å². The number of amides is 1. The van der Waals surface area contributed by atoms with E-state index < -0.39 is 0 Å². The van der Waals surface area contributed by atoms with E-state index in [9.17, 15) is 9.59 Å². The summed E-state index contributed by atoms with van der Waals surface area (Å²) in [7, 11) is 0. The molecule has 38 heavy (non-hydrogen) atoms. The highest BCUT2D eigenvalue weighted by molar-refractivity contribution is 5.92. The van der Waals surface area contributed by atoms with E-state index in [0.717, 1.165) is 54.7 Å². The summed E-state index contributed by atoms with van der Waals surface area (Å²) < 4.78 is 13.2. The standard InChI is InChI=1S/C27H29N7O4/c1-16-10-18-11-17(2-3-20(18)27(36)38-16)24-13-32-8-9-33(12-19(32)14-37-24)26(35)22-4-6-23-21(22)5-7-25(29-23)34-15-28-30-31-34/h2-3,5,7,11,15-16,19,22,24H,4,6,8-10,12-14H2,1H3/t16-,19-,22?,24+/m0/s1. The largest absolute Gasteiger partial charge is 0.459 e. The minimum atomic E-state index is -0.246. The van der Waals surface area contributed by atoms with Gasteiger partial charge in [-0.3, -0.25) is 9.69 Å². The van der Waals surface area contributed by atoms with Gasteiger partial charge in [-0.15, -0.1) is 5.10 Å². The third-order valence-corrected chi connectivity index (χ3v) is 8.26. The van der Waals surface area contributed by atoms with Crippen LogP contribution in [0.1, 0.15) is 58.1 Å². The Morgan fingerprint density at radius 1 is 1.13 bits per heavy atom. The quantitative estimate of drug-likeness (QED) is 0.478. The van der Waals surface area contributed by atoms with Crippen molar-refractivity contribution in [2.75, 3.05) is 32.8 Å². The van der Waals surface area contributed by atoms with Gasteiger partial charge in [0.05, 0.1) is 30.2 Å². The van der Waals surface area contributed by atoms with Gasteiger partial charge in [-0.25, -0.2) is 9.78 Å². The van der Waals surface area contributed by atoms with E-state index in [2.05, 4.69) is 26.5 Å². The summed E-state index contributed by atoms with van der Waals surface area (Å²) in [5.41, 5.74) is 4.75. The molecule has 1 amide bonds. The number of aromatic nitrogens is 5. The van der Waals surface area contributed by atoms with Gasteiger partial charge in [-0.2, -0.15) is 4.68 Å². The molecule has 4 aliphatic rings. The average Bonchev–Trinajstić information content (AvgIpc) is 3.62. The topological polar surface area (TPSA) is 116 Å². The van der Waals surface area contributed by atoms with Crippen molar-refractivity contribution in [1.29, 1.82) is 0 Å². The second-order valence-electron chi connectivity index (χ2n) is 10.6. The van der Waals surface area contributed by atoms with Crippen LogP contribution in [-0.4, -0.2) is 91.8 Å². The smallest absolute Gasteiger partial charge is 0.338 e. The number of morpholine rings is 1. The lowest BCUT2D eigenvalue weighted by Gasteiger charge is -2.46. The molecule has 11 nitrogen and oxygen atoms in total. The van der Waals surface area contributed by atoms with E-state index in [1.54, 1.807) is 0 Å². The van der Waals surface area contributed by atoms with Crippen molar-refractivity contribution in [2.45, 2.75) is 50.4 Å². The Morgan fingerprint density at radius 2 is 2.05 bits per heavy atom. The molecule has 3 aliphatic heterocycles. The number of carbonyl (C=O) groups is 2. The normalized spacial score (nSPS) is 26.9. The Balaban J connectivity index is 1.01. The molecule has 1 aliphatic carbocycles. The zero-order valence-corrected chi connectivity index (χ0v) is 21.2. The van der Waals surface area contributed by atoms with Gasteiger partial charge in [0.15, 0.2) is 5.82 Å². The molecule has 2 fully saturated rings. The molecule has 7 rings (SSSR count). The Morgan fingerprint density at radius 3 is 2.92 bits per heavy atom. The predicted octanol–water partition coefficient (Wildman–Crippen LogP) is 1.47. The van der Waals surface area contributed by atoms with E-state index in [4.69, 9.17) is 14.5 Å². The number of rotatable bonds is 3. The van der Waals surface area contributed by atoms with Crippen LogP contribution in [0, 0.1) is 0 Å². The van der Waals surface area contributed by atoms with Gasteiger partial charge in [0.2, 0.25) is 5.91 Å². The molecule has 4 atom stereocenters. The number of tetrazole rings is 1. The van der Waals surface area contributed by atoms with Gasteiger partial charge < -0.3 is 14.4 Å². The van der Waals surface area contributed by atoms with Crippen molar-refractivity contribution in [3.8, 4) is 5.82 Å². The highest BCUT2D eigenvalue weighted by Crippen LogP contribution is 2.35. The predicted molar refractivity (Wildman–Crippen MR) is 134 cm³/mol. The highest BCUT2D eigenvalue weighted by atomic mass is 16.5. The van der Waals surface area contributed by atoms with Crippen molar-refractivity contribution in [3.63, 3.8) is 0 Å². The molecular weight excluding hydrogens is 486 g/mol. The van der Waals surface area contributed by atoms with Gasteiger partial charge >= 0.3 is 5.97 Å². The number of hydrogen-bond acceptors (Lipinski definition) is 9. The summed E-state index contributed by atoms with van der Waals surface area (Å²) >= 11 is 0. The number of esters is 1. The van der Waals surface area contributed by atoms with Crippen LogP contribution in [0.25, 0.3) is 5.82 Å². The number of ether oxygens (including phenoxy) is 2. The fraction of sp³-hybridized carbons (Fsp3) is 0.481. The molecular formula is C27H29N7O4. The maximum Gasteiger partial charge on any atom is 0.338 e. The Kier molecular flexibility index (Phi) is 5.70. The summed E-state index contributed by atoms with van der Waals surface area (Å²) in [6.07, 6.45) is 3.63. The van der Waals surface area contributed by atoms with Crippen LogP contribution in [-0.2, 0) is 27.1 Å². The molecule has 2 aromatic heterocycles. The number of aryl methyl sites for hydroxylation is 1. The van der Waals surface area contributed by atoms with Crippen molar-refractivity contribution in [3.05, 3.63) is 64.6 Å². The lowest BCUT2D eigenvalue weighted by Crippen LogP contribution is -2.60. The molecule has 0 N–H and O–H groups in total. The van der Waals surface area contributed by atoms with Crippen LogP contribution in [0.5, 0.6) is 0 Å². The molecule has 2 saturated heterocycles. The Hall–Kier alpha value is -3.70. The van der Waals surface area contributed by atoms with E-state index in [0.29, 0.717) is 31.1 Å². The number of benzene rings is 1. The summed E-state index contributed by atoms with van der Waals surface area (Å²) in [6, 6.07) is 10.0. The minimum absolute atomic E-state index is 0.0470. The van der Waals surface area contributed by atoms with Crippen molar-refractivity contribution < 1.29 is 19.1 Å². The molecule has 11 heteroatoms. The van der Waals surface area contributed by atoms with Crippen LogP contribution in [0.3, 0.4) is 0 Å². The number of nitrogens with zero attached hydrogens (tertiary/aromatic N) is 7. The summed E-state index contributed by atoms with van der Waals surface area (Å²) in [4.78, 5) is 34.9. The zero-order valence-electron chi connectivity index (χ0n) is 21.2. The molecule has 0 spiro atoms. The SMILES string of the molecule is C[C@H]1Cc2cc([C@H]3CN4CCN(C(=O)C5CCc6nc(-n7cnnn7)ccc65)C[C@H]4CO3)ccc2C(=O)O1. The second kappa shape index (κ2) is 9.25. The Bertz CT molecular complexity index is 1390. The number of piperazine rings is 1. The monoisotopic (exact) mass is 515 g/mol. The van der Waals surface area contributed by atoms with Gasteiger partial charge in [0, 0.05) is 38.3 Å². The number of hydrogen-bond donors (Lipinski definition) is 0. The van der Waals surface area contributed by atoms with Gasteiger partial charge in [0.1, 0.15) is 12.4 Å². The van der Waals surface area contributed by atoms with E-state index in [-0.39, 0.29) is 36.0 Å². The molecule has 0 radical (unpaired) electrons. The molecule has 1 unspecified atom stereocenters. The molecule has 3 aromatic rings. The maximum absolute atomic E-state index is 13.6. The first kappa shape index (κ1) is 23.4. The van der Waals surface area contributed by atoms with Crippen LogP contribution in [0.15, 0.2) is 36.7 Å². The van der Waals surface area contributed by atoms with E-state index >= 15 is 0 Å². The molecule has 0 bridgehead atoms. The first-order valence-corrected chi connectivity index (χ1v) is 13.2. The summed E-state index contributed by atoms with van der Waals surface area (Å²) in [6.45, 7) is 5.47. The fourth-order valence-electron chi connectivity index (χ4n) is 6.29. The molecule has 0 saturated carbocycles. The number of pyridine rings is 1. The van der Waals surface area contributed by atoms with Gasteiger partial charge in [-0.05, 0) is 59.0 Å². The number of carbonyl (C=O) groups excluding carboxylic acids is 2. The highest BCUT2D eigenvalue weighted by Gasteiger charge is 2.39. The summed E-state index contributed by atoms with van der Waals surface area (Å²) in [5, 5.41) is 11.3. The number of fused-ring (bicyclic) bond motifs is 3. The zero-order chi connectivity index (χ0) is 25.8. The maximum atomic E-state index is 13.6. The number of cyclic esters (lactones) is 1. The van der Waals surface area contributed by atoms with E-state index in [1.807, 2.05) is 36.1 Å². The van der Waals surface area contributed by atoms with Gasteiger partial charge in [-0.1, -0.05) is 18.2 Å². The second-order valence-corrected chi connectivity index (χ2v) is 10.6. The minimum Gasteiger partial charge on any atom is -0.459 e. The van der Waals surface area contributed by atoms with Crippen LogP contribution >= 0.6 is 0 Å². The lowest BCUT2D eigenvalue weighted by atomic mass is 9.94.